The van der Waals surface area contributed by atoms with Crippen molar-refractivity contribution >= 4 is 22.8 Å². The highest BCUT2D eigenvalue weighted by Crippen LogP contribution is 2.28. The van der Waals surface area contributed by atoms with E-state index in [1.54, 1.807) is 18.2 Å². The molecule has 2 aromatic heterocycles. The fraction of sp³-hybridized carbons (Fsp3) is 0.286. The average molecular weight is 502 g/mol. The Balaban J connectivity index is 0.000000480. The van der Waals surface area contributed by atoms with Crippen LogP contribution in [0, 0.1) is 0 Å². The molecule has 1 unspecified atom stereocenters. The van der Waals surface area contributed by atoms with Crippen molar-refractivity contribution in [1.29, 1.82) is 0 Å². The third kappa shape index (κ3) is 6.71. The molecule has 0 aliphatic carbocycles. The van der Waals surface area contributed by atoms with Gasteiger partial charge in [-0.3, -0.25) is 9.47 Å². The molecule has 0 saturated heterocycles. The molecule has 1 atom stereocenters. The minimum Gasteiger partial charge on any atom is -0.473 e. The molecule has 3 heterocycles. The van der Waals surface area contributed by atoms with Crippen LogP contribution in [0.5, 0.6) is 0 Å². The quantitative estimate of drug-likeness (QED) is 0.255. The van der Waals surface area contributed by atoms with Crippen LogP contribution in [0.1, 0.15) is 36.8 Å². The highest BCUT2D eigenvalue weighted by molar-refractivity contribution is 6.27. The van der Waals surface area contributed by atoms with Crippen LogP contribution >= 0.6 is 0 Å². The Kier molecular flexibility index (Phi) is 8.48. The van der Waals surface area contributed by atoms with Gasteiger partial charge in [0, 0.05) is 41.8 Å². The van der Waals surface area contributed by atoms with E-state index in [1.807, 2.05) is 4.57 Å². The number of fused-ring (bicyclic) bond motifs is 1. The van der Waals surface area contributed by atoms with Gasteiger partial charge in [0.1, 0.15) is 12.7 Å². The van der Waals surface area contributed by atoms with Crippen LogP contribution in [-0.2, 0) is 16.0 Å². The van der Waals surface area contributed by atoms with Crippen molar-refractivity contribution in [2.24, 2.45) is 0 Å². The van der Waals surface area contributed by atoms with E-state index in [1.165, 1.54) is 34.9 Å². The van der Waals surface area contributed by atoms with Gasteiger partial charge in [-0.05, 0) is 55.1 Å². The Labute approximate surface area is 215 Å². The molecule has 1 aliphatic rings. The first-order chi connectivity index (χ1) is 17.9. The summed E-state index contributed by atoms with van der Waals surface area (Å²) < 4.78 is 1.95. The topological polar surface area (TPSA) is 124 Å². The average Bonchev–Trinajstić information content (AvgIpc) is 3.60. The van der Waals surface area contributed by atoms with E-state index < -0.39 is 11.9 Å². The molecule has 9 nitrogen and oxygen atoms in total. The molecule has 0 saturated carbocycles. The molecule has 192 valence electrons. The molecule has 5 rings (SSSR count). The number of aromatic nitrogens is 4. The summed E-state index contributed by atoms with van der Waals surface area (Å²) in [4.78, 5) is 24.2. The molecule has 0 bridgehead atoms. The van der Waals surface area contributed by atoms with Gasteiger partial charge in [0.15, 0.2) is 0 Å². The van der Waals surface area contributed by atoms with Crippen LogP contribution in [0.15, 0.2) is 79.0 Å². The highest BCUT2D eigenvalue weighted by atomic mass is 16.4. The lowest BCUT2D eigenvalue weighted by atomic mass is 9.89. The minimum absolute atomic E-state index is 0.523. The number of benzene rings is 2. The summed E-state index contributed by atoms with van der Waals surface area (Å²) in [5.74, 6) is -3.13. The molecule has 2 aromatic carbocycles. The summed E-state index contributed by atoms with van der Waals surface area (Å²) in [7, 11) is 0. The van der Waals surface area contributed by atoms with E-state index in [9.17, 15) is 0 Å². The van der Waals surface area contributed by atoms with Crippen molar-refractivity contribution in [2.45, 2.75) is 32.1 Å². The van der Waals surface area contributed by atoms with Gasteiger partial charge >= 0.3 is 11.9 Å². The Hall–Kier alpha value is -4.24. The summed E-state index contributed by atoms with van der Waals surface area (Å²) in [5.41, 5.74) is 6.68. The second-order valence-electron chi connectivity index (χ2n) is 9.09. The fourth-order valence-electron chi connectivity index (χ4n) is 4.64. The maximum absolute atomic E-state index is 9.10. The first-order valence-corrected chi connectivity index (χ1v) is 12.3. The van der Waals surface area contributed by atoms with Crippen molar-refractivity contribution < 1.29 is 19.8 Å². The molecule has 0 fully saturated rings. The number of aliphatic carboxylic acids is 2. The first-order valence-electron chi connectivity index (χ1n) is 12.3. The molecule has 0 spiro atoms. The van der Waals surface area contributed by atoms with Crippen LogP contribution in [0.2, 0.25) is 0 Å². The van der Waals surface area contributed by atoms with Crippen molar-refractivity contribution in [3.8, 4) is 5.69 Å². The van der Waals surface area contributed by atoms with Gasteiger partial charge in [-0.1, -0.05) is 48.9 Å². The number of hydrogen-bond donors (Lipinski definition) is 3. The minimum atomic E-state index is -1.82. The normalized spacial score (nSPS) is 14.5. The summed E-state index contributed by atoms with van der Waals surface area (Å²) in [5, 5.41) is 23.9. The summed E-state index contributed by atoms with van der Waals surface area (Å²) in [6.45, 7) is 5.70. The second kappa shape index (κ2) is 12.1. The Morgan fingerprint density at radius 1 is 1.05 bits per heavy atom. The number of nitrogens with one attached hydrogen (secondary N) is 1. The number of carboxylic acids is 2. The zero-order chi connectivity index (χ0) is 26.2. The molecule has 3 N–H and O–H groups in total. The fourth-order valence-corrected chi connectivity index (χ4v) is 4.64. The van der Waals surface area contributed by atoms with E-state index in [2.05, 4.69) is 87.8 Å². The number of aromatic amines is 1. The van der Waals surface area contributed by atoms with Gasteiger partial charge in [0.05, 0.1) is 0 Å². The van der Waals surface area contributed by atoms with Crippen LogP contribution < -0.4 is 0 Å². The molecule has 4 aromatic rings. The van der Waals surface area contributed by atoms with Crippen LogP contribution in [-0.4, -0.2) is 66.4 Å². The Morgan fingerprint density at radius 3 is 2.43 bits per heavy atom. The second-order valence-corrected chi connectivity index (χ2v) is 9.09. The van der Waals surface area contributed by atoms with Gasteiger partial charge in [-0.2, -0.15) is 0 Å². The summed E-state index contributed by atoms with van der Waals surface area (Å²) >= 11 is 0. The van der Waals surface area contributed by atoms with E-state index in [0.717, 1.165) is 31.7 Å². The molecule has 37 heavy (non-hydrogen) atoms. The molecular weight excluding hydrogens is 470 g/mol. The molecule has 1 aliphatic heterocycles. The van der Waals surface area contributed by atoms with Crippen molar-refractivity contribution in [2.75, 3.05) is 19.6 Å². The standard InChI is InChI=1S/C26H29N5.C2H2O4/c1-20(21-6-3-2-4-7-21)22-11-14-30(15-12-22)13-5-8-23-17-27-26-10-9-24(16-25(23)26)31-18-28-29-19-31;3-1(4)2(5)6/h2-4,6-7,9-11,16-20,27H,5,8,12-15H2,1H3;(H,3,4)(H,5,6). The van der Waals surface area contributed by atoms with Crippen LogP contribution in [0.25, 0.3) is 16.6 Å². The van der Waals surface area contributed by atoms with E-state index in [0.29, 0.717) is 5.92 Å². The van der Waals surface area contributed by atoms with Gasteiger partial charge in [-0.25, -0.2) is 9.59 Å². The zero-order valence-electron chi connectivity index (χ0n) is 20.7. The number of aryl methyl sites for hydroxylation is 1. The van der Waals surface area contributed by atoms with Crippen LogP contribution in [0.3, 0.4) is 0 Å². The maximum atomic E-state index is 9.10. The first kappa shape index (κ1) is 25.8. The van der Waals surface area contributed by atoms with Gasteiger partial charge in [0.2, 0.25) is 0 Å². The van der Waals surface area contributed by atoms with Crippen molar-refractivity contribution in [1.82, 2.24) is 24.6 Å². The van der Waals surface area contributed by atoms with E-state index >= 15 is 0 Å². The zero-order valence-corrected chi connectivity index (χ0v) is 20.7. The van der Waals surface area contributed by atoms with Gasteiger partial charge in [0.25, 0.3) is 0 Å². The molecular formula is C28H31N5O4. The third-order valence-electron chi connectivity index (χ3n) is 6.76. The van der Waals surface area contributed by atoms with Gasteiger partial charge in [-0.15, -0.1) is 10.2 Å². The molecule has 0 amide bonds. The van der Waals surface area contributed by atoms with Crippen LogP contribution in [0.4, 0.5) is 0 Å². The summed E-state index contributed by atoms with van der Waals surface area (Å²) in [6.07, 6.45) is 11.5. The lowest BCUT2D eigenvalue weighted by Gasteiger charge is -2.29. The maximum Gasteiger partial charge on any atom is 0.414 e. The summed E-state index contributed by atoms with van der Waals surface area (Å²) in [6, 6.07) is 17.3. The van der Waals surface area contributed by atoms with E-state index in [-0.39, 0.29) is 0 Å². The number of carboxylic acid groups (broad SMARTS) is 2. The monoisotopic (exact) mass is 501 g/mol. The predicted molar refractivity (Wildman–Crippen MR) is 141 cm³/mol. The van der Waals surface area contributed by atoms with Gasteiger partial charge < -0.3 is 15.2 Å². The number of carbonyl (C=O) groups is 2. The van der Waals surface area contributed by atoms with Crippen molar-refractivity contribution in [3.05, 3.63) is 90.2 Å². The number of rotatable bonds is 7. The molecule has 0 radical (unpaired) electrons. The number of hydrogen-bond acceptors (Lipinski definition) is 5. The smallest absolute Gasteiger partial charge is 0.414 e. The third-order valence-corrected chi connectivity index (χ3v) is 6.76. The number of H-pyrrole nitrogens is 1. The predicted octanol–water partition coefficient (Wildman–Crippen LogP) is 4.27. The van der Waals surface area contributed by atoms with Crippen molar-refractivity contribution in [3.63, 3.8) is 0 Å². The largest absolute Gasteiger partial charge is 0.473 e. The number of nitrogens with zero attached hydrogens (tertiary/aromatic N) is 4. The Morgan fingerprint density at radius 2 is 1.78 bits per heavy atom. The highest BCUT2D eigenvalue weighted by Gasteiger charge is 2.17. The lowest BCUT2D eigenvalue weighted by Crippen LogP contribution is -2.30. The van der Waals surface area contributed by atoms with E-state index in [4.69, 9.17) is 19.8 Å². The lowest BCUT2D eigenvalue weighted by molar-refractivity contribution is -0.159. The Bertz CT molecular complexity index is 1350. The SMILES string of the molecule is CC(C1=CCN(CCCc2c[nH]c3ccc(-n4cnnc4)cc23)CC1)c1ccccc1.O=C(O)C(=O)O. The molecule has 9 heteroatoms.